The summed E-state index contributed by atoms with van der Waals surface area (Å²) in [4.78, 5) is 25.7. The Hall–Kier alpha value is -3.01. The van der Waals surface area contributed by atoms with Crippen molar-refractivity contribution in [1.82, 2.24) is 24.1 Å². The number of aromatic nitrogens is 5. The number of hydrogen-bond donors (Lipinski definition) is 1. The molecule has 0 saturated heterocycles. The van der Waals surface area contributed by atoms with Crippen LogP contribution < -0.4 is 10.9 Å². The fourth-order valence-electron chi connectivity index (χ4n) is 3.55. The molecule has 2 heterocycles. The molecular weight excluding hydrogens is 495 g/mol. The van der Waals surface area contributed by atoms with Gasteiger partial charge in [0.15, 0.2) is 11.0 Å². The average molecular weight is 517 g/mol. The first kappa shape index (κ1) is 24.1. The van der Waals surface area contributed by atoms with Crippen LogP contribution in [-0.2, 0) is 18.4 Å². The summed E-state index contributed by atoms with van der Waals surface area (Å²) in [5.74, 6) is 0.393. The standard InChI is InChI=1S/C23H22Cl2N6O2S/c1-4-30-21(15-10-11-17(24)18(25)12-15)27-28-23(30)34-13-19(32)26-20-14(2)29(3)31(22(20)33)16-8-6-5-7-9-16/h5-12H,4,13H2,1-3H3,(H,26,32). The summed E-state index contributed by atoms with van der Waals surface area (Å²) in [5, 5.41) is 12.7. The second kappa shape index (κ2) is 10.1. The van der Waals surface area contributed by atoms with E-state index < -0.39 is 0 Å². The molecule has 0 spiro atoms. The fraction of sp³-hybridized carbons (Fsp3) is 0.217. The number of amides is 1. The lowest BCUT2D eigenvalue weighted by atomic mass is 10.2. The van der Waals surface area contributed by atoms with Gasteiger partial charge in [-0.3, -0.25) is 14.3 Å². The normalized spacial score (nSPS) is 11.1. The fourth-order valence-corrected chi connectivity index (χ4v) is 4.65. The molecule has 0 aliphatic heterocycles. The Morgan fingerprint density at radius 3 is 2.50 bits per heavy atom. The van der Waals surface area contributed by atoms with Crippen LogP contribution in [0.5, 0.6) is 0 Å². The lowest BCUT2D eigenvalue weighted by molar-refractivity contribution is -0.113. The number of carbonyl (C=O) groups excluding carboxylic acids is 1. The van der Waals surface area contributed by atoms with Crippen LogP contribution in [0.4, 0.5) is 5.69 Å². The van der Waals surface area contributed by atoms with Crippen LogP contribution in [0.2, 0.25) is 10.0 Å². The first-order valence-corrected chi connectivity index (χ1v) is 12.2. The summed E-state index contributed by atoms with van der Waals surface area (Å²) in [5.41, 5.74) is 2.12. The molecule has 0 saturated carbocycles. The third-order valence-corrected chi connectivity index (χ3v) is 7.07. The maximum atomic E-state index is 13.0. The number of nitrogens with zero attached hydrogens (tertiary/aromatic N) is 5. The molecular formula is C23H22Cl2N6O2S. The van der Waals surface area contributed by atoms with Crippen LogP contribution in [-0.4, -0.2) is 35.8 Å². The first-order valence-electron chi connectivity index (χ1n) is 10.5. The molecule has 0 fully saturated rings. The van der Waals surface area contributed by atoms with Crippen LogP contribution in [0.1, 0.15) is 12.6 Å². The van der Waals surface area contributed by atoms with Crippen molar-refractivity contribution in [3.63, 3.8) is 0 Å². The number of nitrogens with one attached hydrogen (secondary N) is 1. The predicted molar refractivity (Wildman–Crippen MR) is 136 cm³/mol. The minimum absolute atomic E-state index is 0.0681. The van der Waals surface area contributed by atoms with Crippen molar-refractivity contribution in [2.24, 2.45) is 7.05 Å². The molecule has 1 amide bonds. The molecule has 4 aromatic rings. The lowest BCUT2D eigenvalue weighted by Gasteiger charge is -2.08. The molecule has 0 aliphatic carbocycles. The zero-order valence-electron chi connectivity index (χ0n) is 18.7. The van der Waals surface area contributed by atoms with Crippen molar-refractivity contribution in [2.45, 2.75) is 25.5 Å². The van der Waals surface area contributed by atoms with Gasteiger partial charge in [-0.05, 0) is 44.2 Å². The van der Waals surface area contributed by atoms with Gasteiger partial charge in [0, 0.05) is 19.2 Å². The second-order valence-electron chi connectivity index (χ2n) is 7.45. The Labute approximate surface area is 210 Å². The van der Waals surface area contributed by atoms with E-state index in [4.69, 9.17) is 23.2 Å². The molecule has 34 heavy (non-hydrogen) atoms. The Morgan fingerprint density at radius 2 is 1.82 bits per heavy atom. The Balaban J connectivity index is 1.51. The highest BCUT2D eigenvalue weighted by Crippen LogP contribution is 2.29. The topological polar surface area (TPSA) is 86.7 Å². The maximum Gasteiger partial charge on any atom is 0.295 e. The minimum Gasteiger partial charge on any atom is -0.319 e. The van der Waals surface area contributed by atoms with Crippen LogP contribution in [0, 0.1) is 6.92 Å². The third kappa shape index (κ3) is 4.64. The highest BCUT2D eigenvalue weighted by molar-refractivity contribution is 7.99. The molecule has 0 atom stereocenters. The zero-order chi connectivity index (χ0) is 24.4. The summed E-state index contributed by atoms with van der Waals surface area (Å²) in [6.07, 6.45) is 0. The number of hydrogen-bond acceptors (Lipinski definition) is 5. The summed E-state index contributed by atoms with van der Waals surface area (Å²) in [6.45, 7) is 4.36. The zero-order valence-corrected chi connectivity index (χ0v) is 21.1. The van der Waals surface area contributed by atoms with Gasteiger partial charge in [0.25, 0.3) is 5.56 Å². The van der Waals surface area contributed by atoms with Gasteiger partial charge in [0.2, 0.25) is 5.91 Å². The average Bonchev–Trinajstić information content (AvgIpc) is 3.34. The third-order valence-electron chi connectivity index (χ3n) is 5.36. The van der Waals surface area contributed by atoms with Gasteiger partial charge < -0.3 is 9.88 Å². The molecule has 0 aliphatic rings. The van der Waals surface area contributed by atoms with Crippen molar-refractivity contribution in [1.29, 1.82) is 0 Å². The molecule has 8 nitrogen and oxygen atoms in total. The molecule has 2 aromatic heterocycles. The number of carbonyl (C=O) groups is 1. The molecule has 1 N–H and O–H groups in total. The maximum absolute atomic E-state index is 13.0. The lowest BCUT2D eigenvalue weighted by Crippen LogP contribution is -2.23. The van der Waals surface area contributed by atoms with Gasteiger partial charge in [-0.1, -0.05) is 53.2 Å². The quantitative estimate of drug-likeness (QED) is 0.356. The van der Waals surface area contributed by atoms with E-state index in [0.29, 0.717) is 33.3 Å². The van der Waals surface area contributed by atoms with Crippen molar-refractivity contribution in [2.75, 3.05) is 11.1 Å². The van der Waals surface area contributed by atoms with E-state index in [0.717, 1.165) is 11.3 Å². The largest absolute Gasteiger partial charge is 0.319 e. The number of rotatable bonds is 7. The SMILES string of the molecule is CCn1c(SCC(=O)Nc2c(C)n(C)n(-c3ccccc3)c2=O)nnc1-c1ccc(Cl)c(Cl)c1. The van der Waals surface area contributed by atoms with E-state index in [1.807, 2.05) is 47.9 Å². The van der Waals surface area contributed by atoms with E-state index in [9.17, 15) is 9.59 Å². The van der Waals surface area contributed by atoms with Crippen LogP contribution in [0.25, 0.3) is 17.1 Å². The highest BCUT2D eigenvalue weighted by atomic mass is 35.5. The van der Waals surface area contributed by atoms with Gasteiger partial charge in [-0.15, -0.1) is 10.2 Å². The summed E-state index contributed by atoms with van der Waals surface area (Å²) < 4.78 is 5.14. The van der Waals surface area contributed by atoms with Crippen LogP contribution in [0.3, 0.4) is 0 Å². The van der Waals surface area contributed by atoms with Crippen molar-refractivity contribution in [3.05, 3.63) is 74.6 Å². The number of benzene rings is 2. The van der Waals surface area contributed by atoms with E-state index in [1.54, 1.807) is 30.8 Å². The van der Waals surface area contributed by atoms with E-state index >= 15 is 0 Å². The number of para-hydroxylation sites is 1. The molecule has 2 aromatic carbocycles. The van der Waals surface area contributed by atoms with Gasteiger partial charge >= 0.3 is 0 Å². The van der Waals surface area contributed by atoms with E-state index in [1.165, 1.54) is 16.4 Å². The van der Waals surface area contributed by atoms with Crippen molar-refractivity contribution in [3.8, 4) is 17.1 Å². The monoisotopic (exact) mass is 516 g/mol. The molecule has 11 heteroatoms. The predicted octanol–water partition coefficient (Wildman–Crippen LogP) is 4.80. The smallest absolute Gasteiger partial charge is 0.295 e. The van der Waals surface area contributed by atoms with Crippen molar-refractivity contribution < 1.29 is 4.79 Å². The number of anilines is 1. The Morgan fingerprint density at radius 1 is 1.09 bits per heavy atom. The highest BCUT2D eigenvalue weighted by Gasteiger charge is 2.20. The summed E-state index contributed by atoms with van der Waals surface area (Å²) in [6, 6.07) is 14.5. The van der Waals surface area contributed by atoms with Crippen molar-refractivity contribution >= 4 is 46.6 Å². The van der Waals surface area contributed by atoms with E-state index in [-0.39, 0.29) is 22.9 Å². The second-order valence-corrected chi connectivity index (χ2v) is 9.21. The molecule has 4 rings (SSSR count). The number of thioether (sulfide) groups is 1. The number of halogens is 2. The van der Waals surface area contributed by atoms with Gasteiger partial charge in [-0.25, -0.2) is 4.68 Å². The first-order chi connectivity index (χ1) is 16.3. The minimum atomic E-state index is -0.308. The molecule has 176 valence electrons. The summed E-state index contributed by atoms with van der Waals surface area (Å²) in [7, 11) is 1.78. The molecule has 0 unspecified atom stereocenters. The van der Waals surface area contributed by atoms with Gasteiger partial charge in [0.1, 0.15) is 5.69 Å². The van der Waals surface area contributed by atoms with Gasteiger partial charge in [0.05, 0.1) is 27.2 Å². The van der Waals surface area contributed by atoms with Gasteiger partial charge in [-0.2, -0.15) is 0 Å². The van der Waals surface area contributed by atoms with Crippen LogP contribution in [0.15, 0.2) is 58.5 Å². The Kier molecular flexibility index (Phi) is 7.16. The molecule has 0 bridgehead atoms. The molecule has 0 radical (unpaired) electrons. The van der Waals surface area contributed by atoms with E-state index in [2.05, 4.69) is 15.5 Å². The Bertz CT molecular complexity index is 1410. The summed E-state index contributed by atoms with van der Waals surface area (Å²) >= 11 is 13.4. The van der Waals surface area contributed by atoms with Crippen LogP contribution >= 0.6 is 35.0 Å².